The van der Waals surface area contributed by atoms with Crippen LogP contribution in [0.15, 0.2) is 12.7 Å². The molecule has 1 aromatic heterocycles. The maximum atomic E-state index is 12.4. The van der Waals surface area contributed by atoms with Gasteiger partial charge in [-0.2, -0.15) is 18.6 Å². The third kappa shape index (κ3) is 4.32. The van der Waals surface area contributed by atoms with Gasteiger partial charge in [0, 0.05) is 19.1 Å². The Morgan fingerprint density at radius 2 is 2.21 bits per heavy atom. The van der Waals surface area contributed by atoms with Gasteiger partial charge in [0.25, 0.3) is 5.91 Å². The second-order valence-electron chi connectivity index (χ2n) is 7.16. The monoisotopic (exact) mass is 431 g/mol. The quantitative estimate of drug-likeness (QED) is 0.332. The van der Waals surface area contributed by atoms with Gasteiger partial charge < -0.3 is 10.2 Å². The van der Waals surface area contributed by atoms with E-state index in [9.17, 15) is 18.0 Å². The molecule has 0 radical (unpaired) electrons. The molecule has 4 heterocycles. The fourth-order valence-corrected chi connectivity index (χ4v) is 4.31. The maximum absolute atomic E-state index is 12.4. The Morgan fingerprint density at radius 1 is 1.38 bits per heavy atom. The summed E-state index contributed by atoms with van der Waals surface area (Å²) in [5.41, 5.74) is 2.36. The molecule has 0 aromatic carbocycles. The number of fused-ring (bicyclic) bond motifs is 2. The highest BCUT2D eigenvalue weighted by Gasteiger charge is 2.49. The van der Waals surface area contributed by atoms with Crippen molar-refractivity contribution in [2.75, 3.05) is 19.7 Å². The van der Waals surface area contributed by atoms with Crippen molar-refractivity contribution in [2.24, 2.45) is 0 Å². The molecule has 3 aliphatic heterocycles. The van der Waals surface area contributed by atoms with Crippen LogP contribution in [-0.2, 0) is 24.3 Å². The molecule has 0 spiro atoms. The minimum absolute atomic E-state index is 0.0207. The summed E-state index contributed by atoms with van der Waals surface area (Å²) in [5.74, 6) is -0.503. The van der Waals surface area contributed by atoms with E-state index in [-0.39, 0.29) is 25.2 Å². The number of amides is 3. The lowest BCUT2D eigenvalue weighted by atomic mass is 10.0. The van der Waals surface area contributed by atoms with Gasteiger partial charge in [-0.05, 0) is 19.3 Å². The lowest BCUT2D eigenvalue weighted by Gasteiger charge is -2.29. The van der Waals surface area contributed by atoms with Gasteiger partial charge in [0.2, 0.25) is 0 Å². The normalized spacial score (nSPS) is 29.5. The molecular formula is C14H21N7O7S. The van der Waals surface area contributed by atoms with E-state index in [2.05, 4.69) is 25.2 Å². The van der Waals surface area contributed by atoms with Crippen LogP contribution in [0.3, 0.4) is 0 Å². The second-order valence-corrected chi connectivity index (χ2v) is 8.16. The number of aromatic nitrogens is 3. The molecule has 3 amide bonds. The Labute approximate surface area is 166 Å². The molecule has 3 aliphatic rings. The molecule has 0 saturated carbocycles. The minimum Gasteiger partial charge on any atom is -0.309 e. The predicted molar refractivity (Wildman–Crippen MR) is 92.9 cm³/mol. The van der Waals surface area contributed by atoms with Gasteiger partial charge in [0.05, 0.1) is 18.7 Å². The number of carbonyl (C=O) groups excluding carboxylic acids is 2. The van der Waals surface area contributed by atoms with Gasteiger partial charge in [-0.1, -0.05) is 0 Å². The van der Waals surface area contributed by atoms with Crippen molar-refractivity contribution in [1.82, 2.24) is 35.5 Å². The Bertz CT molecular complexity index is 864. The van der Waals surface area contributed by atoms with Crippen LogP contribution in [0.4, 0.5) is 4.79 Å². The first kappa shape index (κ1) is 20.0. The van der Waals surface area contributed by atoms with Crippen LogP contribution in [0.1, 0.15) is 25.3 Å². The van der Waals surface area contributed by atoms with Crippen LogP contribution in [0, 0.1) is 0 Å². The maximum Gasteiger partial charge on any atom is 0.418 e. The van der Waals surface area contributed by atoms with E-state index >= 15 is 0 Å². The van der Waals surface area contributed by atoms with Gasteiger partial charge in [-0.25, -0.2) is 19.9 Å². The van der Waals surface area contributed by atoms with Crippen LogP contribution in [0.2, 0.25) is 0 Å². The lowest BCUT2D eigenvalue weighted by molar-refractivity contribution is -0.139. The zero-order chi connectivity index (χ0) is 20.6. The summed E-state index contributed by atoms with van der Waals surface area (Å²) in [6, 6.07) is -1.97. The highest BCUT2D eigenvalue weighted by molar-refractivity contribution is 7.80. The van der Waals surface area contributed by atoms with Crippen molar-refractivity contribution in [1.29, 1.82) is 0 Å². The summed E-state index contributed by atoms with van der Waals surface area (Å²) in [5, 5.41) is 7.98. The van der Waals surface area contributed by atoms with E-state index in [1.54, 1.807) is 11.0 Å². The number of nitrogens with one attached hydrogen (secondary N) is 2. The number of hydrogen-bond acceptors (Lipinski definition) is 9. The number of carbonyl (C=O) groups is 2. The highest BCUT2D eigenvalue weighted by atomic mass is 32.3. The predicted octanol–water partition coefficient (Wildman–Crippen LogP) is -1.77. The number of rotatable bonds is 7. The fourth-order valence-electron chi connectivity index (χ4n) is 3.92. The number of hydrogen-bond donors (Lipinski definition) is 3. The van der Waals surface area contributed by atoms with Gasteiger partial charge >= 0.3 is 16.4 Å². The molecule has 2 bridgehead atoms. The van der Waals surface area contributed by atoms with Gasteiger partial charge in [-0.3, -0.25) is 14.2 Å². The average molecular weight is 431 g/mol. The molecule has 3 N–H and O–H groups in total. The van der Waals surface area contributed by atoms with Crippen LogP contribution in [0.25, 0.3) is 0 Å². The topological polar surface area (TPSA) is 168 Å². The molecule has 3 saturated heterocycles. The summed E-state index contributed by atoms with van der Waals surface area (Å²) < 4.78 is 36.7. The fraction of sp³-hybridized carbons (Fsp3) is 0.714. The Kier molecular flexibility index (Phi) is 5.39. The number of hydroxylamine groups is 3. The average Bonchev–Trinajstić information content (AvgIpc) is 3.39. The zero-order valence-electron chi connectivity index (χ0n) is 15.2. The van der Waals surface area contributed by atoms with Crippen molar-refractivity contribution in [3.63, 3.8) is 0 Å². The standard InChI is InChI=1S/C14H21N7O7S/c22-13(18-27-6-9-3-11(4-16-9)20-8-15-7-17-20)12-2-1-10-5-19(12)14(23)21(10)28-29(24,25)26/h7-12,16H,1-6H2,(H,18,22)(H,24,25,26)/t9-,10-,11+,12+/m1/s1. The van der Waals surface area contributed by atoms with Crippen LogP contribution in [-0.4, -0.2) is 87.5 Å². The first-order valence-electron chi connectivity index (χ1n) is 9.08. The van der Waals surface area contributed by atoms with Crippen molar-refractivity contribution in [3.8, 4) is 0 Å². The number of nitrogens with zero attached hydrogens (tertiary/aromatic N) is 5. The number of urea groups is 1. The molecular weight excluding hydrogens is 410 g/mol. The van der Waals surface area contributed by atoms with E-state index in [4.69, 9.17) is 9.39 Å². The molecule has 0 aliphatic carbocycles. The van der Waals surface area contributed by atoms with E-state index in [1.807, 2.05) is 0 Å². The largest absolute Gasteiger partial charge is 0.418 e. The smallest absolute Gasteiger partial charge is 0.309 e. The Balaban J connectivity index is 1.25. The summed E-state index contributed by atoms with van der Waals surface area (Å²) in [6.07, 6.45) is 4.54. The van der Waals surface area contributed by atoms with Gasteiger partial charge in [0.1, 0.15) is 18.7 Å². The van der Waals surface area contributed by atoms with Crippen molar-refractivity contribution in [3.05, 3.63) is 12.7 Å². The van der Waals surface area contributed by atoms with E-state index in [0.29, 0.717) is 24.4 Å². The lowest BCUT2D eigenvalue weighted by Crippen LogP contribution is -2.50. The summed E-state index contributed by atoms with van der Waals surface area (Å²) in [4.78, 5) is 35.2. The van der Waals surface area contributed by atoms with E-state index in [0.717, 1.165) is 6.42 Å². The first-order valence-corrected chi connectivity index (χ1v) is 10.4. The molecule has 14 nitrogen and oxygen atoms in total. The Hall–Kier alpha value is -2.33. The highest BCUT2D eigenvalue weighted by Crippen LogP contribution is 2.30. The third-order valence-corrected chi connectivity index (χ3v) is 5.62. The van der Waals surface area contributed by atoms with Crippen molar-refractivity contribution in [2.45, 2.75) is 43.4 Å². The molecule has 29 heavy (non-hydrogen) atoms. The third-order valence-electron chi connectivity index (χ3n) is 5.27. The summed E-state index contributed by atoms with van der Waals surface area (Å²) >= 11 is 0. The summed E-state index contributed by atoms with van der Waals surface area (Å²) in [7, 11) is -4.83. The molecule has 0 unspecified atom stereocenters. The van der Waals surface area contributed by atoms with Crippen molar-refractivity contribution >= 4 is 22.3 Å². The molecule has 4 rings (SSSR count). The minimum atomic E-state index is -4.83. The van der Waals surface area contributed by atoms with Crippen LogP contribution in [0.5, 0.6) is 0 Å². The van der Waals surface area contributed by atoms with Gasteiger partial charge in [-0.15, -0.1) is 4.28 Å². The number of piperidine rings is 1. The molecule has 15 heteroatoms. The second kappa shape index (κ2) is 7.83. The van der Waals surface area contributed by atoms with Gasteiger partial charge in [0.15, 0.2) is 0 Å². The molecule has 4 atom stereocenters. The van der Waals surface area contributed by atoms with Crippen molar-refractivity contribution < 1.29 is 31.7 Å². The van der Waals surface area contributed by atoms with Crippen LogP contribution >= 0.6 is 0 Å². The summed E-state index contributed by atoms with van der Waals surface area (Å²) in [6.45, 7) is 1.07. The molecule has 1 aromatic rings. The van der Waals surface area contributed by atoms with E-state index in [1.165, 1.54) is 11.2 Å². The molecule has 3 fully saturated rings. The Morgan fingerprint density at radius 3 is 2.93 bits per heavy atom. The molecule has 160 valence electrons. The SMILES string of the molecule is O=C(NOC[C@H]1C[C@H](n2cncn2)CN1)[C@@H]1CC[C@@H]2CN1C(=O)N2OS(=O)(=O)O. The first-order chi connectivity index (χ1) is 13.8. The zero-order valence-corrected chi connectivity index (χ0v) is 16.1. The van der Waals surface area contributed by atoms with Crippen LogP contribution < -0.4 is 10.8 Å². The van der Waals surface area contributed by atoms with E-state index < -0.39 is 34.4 Å².